The van der Waals surface area contributed by atoms with E-state index >= 15 is 0 Å². The van der Waals surface area contributed by atoms with Crippen LogP contribution in [0.15, 0.2) is 30.5 Å². The molecule has 0 aliphatic rings. The van der Waals surface area contributed by atoms with Gasteiger partial charge in [-0.1, -0.05) is 32.0 Å². The van der Waals surface area contributed by atoms with E-state index in [1.807, 2.05) is 0 Å². The number of aromatic amines is 1. The Bertz CT molecular complexity index is 442. The molecule has 2 nitrogen and oxygen atoms in total. The van der Waals surface area contributed by atoms with Gasteiger partial charge >= 0.3 is 0 Å². The molecule has 1 atom stereocenters. The maximum absolute atomic E-state index is 3.52. The molecular weight excluding hydrogens is 184 g/mol. The second kappa shape index (κ2) is 4.07. The van der Waals surface area contributed by atoms with E-state index < -0.39 is 0 Å². The lowest BCUT2D eigenvalue weighted by molar-refractivity contribution is 0.508. The monoisotopic (exact) mass is 202 g/mol. The van der Waals surface area contributed by atoms with Crippen molar-refractivity contribution in [1.82, 2.24) is 10.3 Å². The van der Waals surface area contributed by atoms with Crippen molar-refractivity contribution in [3.8, 4) is 0 Å². The second-order valence-electron chi connectivity index (χ2n) is 4.33. The van der Waals surface area contributed by atoms with Crippen molar-refractivity contribution in [3.63, 3.8) is 0 Å². The van der Waals surface area contributed by atoms with Crippen molar-refractivity contribution in [2.75, 3.05) is 0 Å². The molecular formula is C13H18N2. The first-order chi connectivity index (χ1) is 7.18. The maximum atomic E-state index is 3.52. The maximum Gasteiger partial charge on any atom is 0.0457 e. The van der Waals surface area contributed by atoms with Gasteiger partial charge in [-0.15, -0.1) is 0 Å². The van der Waals surface area contributed by atoms with Gasteiger partial charge in [0.25, 0.3) is 0 Å². The third kappa shape index (κ3) is 2.05. The van der Waals surface area contributed by atoms with Crippen LogP contribution in [-0.4, -0.2) is 11.0 Å². The number of hydrogen-bond donors (Lipinski definition) is 2. The fourth-order valence-corrected chi connectivity index (χ4v) is 2.04. The molecule has 2 N–H and O–H groups in total. The molecule has 15 heavy (non-hydrogen) atoms. The molecule has 1 aromatic carbocycles. The summed E-state index contributed by atoms with van der Waals surface area (Å²) in [4.78, 5) is 3.30. The van der Waals surface area contributed by atoms with E-state index in [2.05, 4.69) is 61.5 Å². The van der Waals surface area contributed by atoms with E-state index in [-0.39, 0.29) is 0 Å². The predicted molar refractivity (Wildman–Crippen MR) is 65.0 cm³/mol. The summed E-state index contributed by atoms with van der Waals surface area (Å²) >= 11 is 0. The molecule has 2 heteroatoms. The van der Waals surface area contributed by atoms with Crippen LogP contribution >= 0.6 is 0 Å². The highest BCUT2D eigenvalue weighted by atomic mass is 14.9. The fourth-order valence-electron chi connectivity index (χ4n) is 2.04. The quantitative estimate of drug-likeness (QED) is 0.785. The average molecular weight is 202 g/mol. The predicted octanol–water partition coefficient (Wildman–Crippen LogP) is 3.23. The molecule has 0 amide bonds. The smallest absolute Gasteiger partial charge is 0.0457 e. The molecule has 0 aliphatic carbocycles. The van der Waals surface area contributed by atoms with Crippen LogP contribution in [0.3, 0.4) is 0 Å². The summed E-state index contributed by atoms with van der Waals surface area (Å²) in [5.74, 6) is 0. The molecule has 0 bridgehead atoms. The number of hydrogen-bond acceptors (Lipinski definition) is 1. The highest BCUT2D eigenvalue weighted by molar-refractivity contribution is 5.83. The van der Waals surface area contributed by atoms with Crippen LogP contribution < -0.4 is 5.32 Å². The molecule has 1 aromatic heterocycles. The largest absolute Gasteiger partial charge is 0.361 e. The third-order valence-electron chi connectivity index (χ3n) is 2.67. The SMILES string of the molecule is CC(C)N[C@H](C)c1c[nH]c2ccccc12. The van der Waals surface area contributed by atoms with Gasteiger partial charge in [-0.2, -0.15) is 0 Å². The van der Waals surface area contributed by atoms with E-state index in [9.17, 15) is 0 Å². The molecule has 0 spiro atoms. The minimum atomic E-state index is 0.390. The molecule has 0 saturated carbocycles. The Kier molecular flexibility index (Phi) is 2.78. The Morgan fingerprint density at radius 2 is 1.87 bits per heavy atom. The number of nitrogens with one attached hydrogen (secondary N) is 2. The van der Waals surface area contributed by atoms with E-state index in [0.717, 1.165) is 0 Å². The molecule has 1 heterocycles. The number of H-pyrrole nitrogens is 1. The Morgan fingerprint density at radius 1 is 1.13 bits per heavy atom. The lowest BCUT2D eigenvalue weighted by Crippen LogP contribution is -2.25. The zero-order valence-electron chi connectivity index (χ0n) is 9.54. The van der Waals surface area contributed by atoms with Gasteiger partial charge in [0.15, 0.2) is 0 Å². The summed E-state index contributed by atoms with van der Waals surface area (Å²) in [6, 6.07) is 9.32. The minimum absolute atomic E-state index is 0.390. The van der Waals surface area contributed by atoms with E-state index in [4.69, 9.17) is 0 Å². The van der Waals surface area contributed by atoms with Gasteiger partial charge in [-0.05, 0) is 18.6 Å². The second-order valence-corrected chi connectivity index (χ2v) is 4.33. The lowest BCUT2D eigenvalue weighted by Gasteiger charge is -2.16. The first-order valence-corrected chi connectivity index (χ1v) is 5.50. The van der Waals surface area contributed by atoms with Crippen molar-refractivity contribution in [2.45, 2.75) is 32.9 Å². The Balaban J connectivity index is 2.35. The van der Waals surface area contributed by atoms with Crippen molar-refractivity contribution < 1.29 is 0 Å². The number of aromatic nitrogens is 1. The van der Waals surface area contributed by atoms with E-state index in [1.165, 1.54) is 16.5 Å². The zero-order chi connectivity index (χ0) is 10.8. The Labute approximate surface area is 90.7 Å². The van der Waals surface area contributed by atoms with Gasteiger partial charge in [0, 0.05) is 29.2 Å². The van der Waals surface area contributed by atoms with E-state index in [1.54, 1.807) is 0 Å². The third-order valence-corrected chi connectivity index (χ3v) is 2.67. The lowest BCUT2D eigenvalue weighted by atomic mass is 10.1. The Hall–Kier alpha value is -1.28. The molecule has 2 aromatic rings. The molecule has 0 unspecified atom stereocenters. The fraction of sp³-hybridized carbons (Fsp3) is 0.385. The van der Waals surface area contributed by atoms with E-state index in [0.29, 0.717) is 12.1 Å². The first kappa shape index (κ1) is 10.2. The van der Waals surface area contributed by atoms with Crippen molar-refractivity contribution in [1.29, 1.82) is 0 Å². The number of para-hydroxylation sites is 1. The van der Waals surface area contributed by atoms with Crippen molar-refractivity contribution in [2.24, 2.45) is 0 Å². The standard InChI is InChI=1S/C13H18N2/c1-9(2)15-10(3)12-8-14-13-7-5-4-6-11(12)13/h4-10,14-15H,1-3H3/t10-/m1/s1. The van der Waals surface area contributed by atoms with Gasteiger partial charge in [-0.3, -0.25) is 0 Å². The zero-order valence-corrected chi connectivity index (χ0v) is 9.54. The van der Waals surface area contributed by atoms with Gasteiger partial charge < -0.3 is 10.3 Å². The van der Waals surface area contributed by atoms with Crippen LogP contribution in [0.2, 0.25) is 0 Å². The topological polar surface area (TPSA) is 27.8 Å². The molecule has 0 radical (unpaired) electrons. The van der Waals surface area contributed by atoms with Crippen molar-refractivity contribution in [3.05, 3.63) is 36.0 Å². The normalized spacial score (nSPS) is 13.6. The van der Waals surface area contributed by atoms with Crippen LogP contribution in [-0.2, 0) is 0 Å². The van der Waals surface area contributed by atoms with Crippen LogP contribution in [0.25, 0.3) is 10.9 Å². The summed E-state index contributed by atoms with van der Waals surface area (Å²) in [6.45, 7) is 6.55. The molecule has 0 saturated heterocycles. The molecule has 2 rings (SSSR count). The van der Waals surface area contributed by atoms with Crippen LogP contribution in [0.5, 0.6) is 0 Å². The van der Waals surface area contributed by atoms with Gasteiger partial charge in [0.05, 0.1) is 0 Å². The first-order valence-electron chi connectivity index (χ1n) is 5.50. The van der Waals surface area contributed by atoms with Crippen molar-refractivity contribution >= 4 is 10.9 Å². The summed E-state index contributed by atoms with van der Waals surface area (Å²) in [5.41, 5.74) is 2.56. The summed E-state index contributed by atoms with van der Waals surface area (Å²) in [6.07, 6.45) is 2.10. The minimum Gasteiger partial charge on any atom is -0.361 e. The number of benzene rings is 1. The molecule has 0 fully saturated rings. The van der Waals surface area contributed by atoms with Gasteiger partial charge in [0.1, 0.15) is 0 Å². The highest BCUT2D eigenvalue weighted by Crippen LogP contribution is 2.23. The molecule has 0 aliphatic heterocycles. The van der Waals surface area contributed by atoms with Crippen LogP contribution in [0, 0.1) is 0 Å². The number of rotatable bonds is 3. The summed E-state index contributed by atoms with van der Waals surface area (Å²) in [5, 5.41) is 4.83. The highest BCUT2D eigenvalue weighted by Gasteiger charge is 2.10. The van der Waals surface area contributed by atoms with Gasteiger partial charge in [-0.25, -0.2) is 0 Å². The number of fused-ring (bicyclic) bond motifs is 1. The Morgan fingerprint density at radius 3 is 2.60 bits per heavy atom. The summed E-state index contributed by atoms with van der Waals surface area (Å²) in [7, 11) is 0. The summed E-state index contributed by atoms with van der Waals surface area (Å²) < 4.78 is 0. The van der Waals surface area contributed by atoms with Crippen LogP contribution in [0.4, 0.5) is 0 Å². The average Bonchev–Trinajstić information content (AvgIpc) is 2.59. The van der Waals surface area contributed by atoms with Crippen LogP contribution in [0.1, 0.15) is 32.4 Å². The van der Waals surface area contributed by atoms with Gasteiger partial charge in [0.2, 0.25) is 0 Å². The molecule has 80 valence electrons.